The Labute approximate surface area is 132 Å². The third-order valence-corrected chi connectivity index (χ3v) is 3.48. The van der Waals surface area contributed by atoms with Crippen molar-refractivity contribution in [1.29, 1.82) is 0 Å². The Hall–Kier alpha value is -1.75. The van der Waals surface area contributed by atoms with Crippen molar-refractivity contribution >= 4 is 11.7 Å². The molecule has 0 aliphatic heterocycles. The maximum atomic E-state index is 10.4. The van der Waals surface area contributed by atoms with Crippen LogP contribution < -0.4 is 15.8 Å². The summed E-state index contributed by atoms with van der Waals surface area (Å²) >= 11 is 0. The van der Waals surface area contributed by atoms with Gasteiger partial charge in [0, 0.05) is 12.5 Å². The summed E-state index contributed by atoms with van der Waals surface area (Å²) in [7, 11) is 0. The van der Waals surface area contributed by atoms with Gasteiger partial charge in [-0.25, -0.2) is 0 Å². The van der Waals surface area contributed by atoms with E-state index < -0.39 is 5.97 Å². The third-order valence-electron chi connectivity index (χ3n) is 3.48. The first kappa shape index (κ1) is 18.3. The number of carboxylic acid groups (broad SMARTS) is 1. The number of aliphatic carboxylic acids is 1. The molecular formula is C17H28N2O3. The number of carbonyl (C=O) groups is 1. The number of benzene rings is 1. The summed E-state index contributed by atoms with van der Waals surface area (Å²) in [4.78, 5) is 10.4. The summed E-state index contributed by atoms with van der Waals surface area (Å²) < 4.78 is 5.43. The molecule has 22 heavy (non-hydrogen) atoms. The van der Waals surface area contributed by atoms with Gasteiger partial charge in [0.1, 0.15) is 5.75 Å². The Balaban J connectivity index is 2.25. The normalized spacial score (nSPS) is 12.1. The number of ether oxygens (including phenoxy) is 1. The van der Waals surface area contributed by atoms with Crippen LogP contribution in [0.15, 0.2) is 18.2 Å². The first-order valence-corrected chi connectivity index (χ1v) is 7.99. The van der Waals surface area contributed by atoms with E-state index in [-0.39, 0.29) is 6.42 Å². The van der Waals surface area contributed by atoms with Gasteiger partial charge in [0.2, 0.25) is 0 Å². The van der Waals surface area contributed by atoms with Crippen molar-refractivity contribution in [3.05, 3.63) is 23.8 Å². The topological polar surface area (TPSA) is 84.6 Å². The molecule has 0 aliphatic rings. The van der Waals surface area contributed by atoms with Crippen molar-refractivity contribution in [2.75, 3.05) is 18.9 Å². The lowest BCUT2D eigenvalue weighted by Gasteiger charge is -2.15. The lowest BCUT2D eigenvalue weighted by atomic mass is 10.1. The van der Waals surface area contributed by atoms with E-state index >= 15 is 0 Å². The molecule has 1 atom stereocenters. The minimum atomic E-state index is -0.714. The summed E-state index contributed by atoms with van der Waals surface area (Å²) in [5, 5.41) is 12.0. The number of nitrogens with one attached hydrogen (secondary N) is 1. The van der Waals surface area contributed by atoms with Crippen molar-refractivity contribution in [3.63, 3.8) is 0 Å². The molecule has 0 heterocycles. The monoisotopic (exact) mass is 308 g/mol. The number of nitrogens with two attached hydrogens (primary N) is 1. The fourth-order valence-corrected chi connectivity index (χ4v) is 2.36. The van der Waals surface area contributed by atoms with Gasteiger partial charge < -0.3 is 20.9 Å². The predicted octanol–water partition coefficient (Wildman–Crippen LogP) is 2.83. The molecule has 1 aromatic rings. The van der Waals surface area contributed by atoms with Crippen LogP contribution in [0.5, 0.6) is 5.75 Å². The summed E-state index contributed by atoms with van der Waals surface area (Å²) in [6, 6.07) is 6.30. The number of hydrogen-bond acceptors (Lipinski definition) is 4. The van der Waals surface area contributed by atoms with Crippen molar-refractivity contribution in [2.45, 2.75) is 52.0 Å². The molecule has 0 bridgehead atoms. The van der Waals surface area contributed by atoms with Crippen LogP contribution in [-0.4, -0.2) is 30.3 Å². The molecule has 0 fully saturated rings. The Morgan fingerprint density at radius 2 is 2.14 bits per heavy atom. The van der Waals surface area contributed by atoms with Gasteiger partial charge in [-0.3, -0.25) is 4.79 Å². The summed E-state index contributed by atoms with van der Waals surface area (Å²) in [6.45, 7) is 5.61. The molecule has 0 spiro atoms. The zero-order valence-electron chi connectivity index (χ0n) is 13.6. The van der Waals surface area contributed by atoms with Gasteiger partial charge in [-0.1, -0.05) is 12.5 Å². The lowest BCUT2D eigenvalue weighted by molar-refractivity contribution is -0.137. The van der Waals surface area contributed by atoms with Crippen molar-refractivity contribution in [2.24, 2.45) is 0 Å². The third kappa shape index (κ3) is 7.31. The average Bonchev–Trinajstić information content (AvgIpc) is 2.45. The number of hydrogen-bond donors (Lipinski definition) is 3. The zero-order chi connectivity index (χ0) is 16.4. The fraction of sp³-hybridized carbons (Fsp3) is 0.588. The van der Waals surface area contributed by atoms with E-state index in [1.54, 1.807) is 0 Å². The number of rotatable bonds is 11. The molecule has 5 nitrogen and oxygen atoms in total. The van der Waals surface area contributed by atoms with Crippen LogP contribution in [0.2, 0.25) is 0 Å². The maximum absolute atomic E-state index is 10.4. The first-order valence-electron chi connectivity index (χ1n) is 7.99. The summed E-state index contributed by atoms with van der Waals surface area (Å²) in [5.74, 6) is 0.0275. The van der Waals surface area contributed by atoms with E-state index in [4.69, 9.17) is 15.6 Å². The highest BCUT2D eigenvalue weighted by molar-refractivity contribution is 5.66. The van der Waals surface area contributed by atoms with Gasteiger partial charge >= 0.3 is 5.97 Å². The van der Waals surface area contributed by atoms with E-state index in [1.165, 1.54) is 5.56 Å². The predicted molar refractivity (Wildman–Crippen MR) is 89.3 cm³/mol. The van der Waals surface area contributed by atoms with Crippen LogP contribution >= 0.6 is 0 Å². The van der Waals surface area contributed by atoms with E-state index in [1.807, 2.05) is 25.1 Å². The van der Waals surface area contributed by atoms with E-state index in [2.05, 4.69) is 12.2 Å². The molecular weight excluding hydrogens is 280 g/mol. The molecule has 0 saturated carbocycles. The highest BCUT2D eigenvalue weighted by Crippen LogP contribution is 2.23. The molecule has 0 radical (unpaired) electrons. The second kappa shape index (κ2) is 10.1. The van der Waals surface area contributed by atoms with Gasteiger partial charge in [0.15, 0.2) is 0 Å². The SMILES string of the molecule is CCOc1ccc(CC(C)NCCCCCC(=O)O)cc1N. The number of unbranched alkanes of at least 4 members (excludes halogenated alkanes) is 2. The van der Waals surface area contributed by atoms with Gasteiger partial charge in [-0.15, -0.1) is 0 Å². The molecule has 4 N–H and O–H groups in total. The molecule has 0 aromatic heterocycles. The maximum Gasteiger partial charge on any atom is 0.303 e. The van der Waals surface area contributed by atoms with Gasteiger partial charge in [0.25, 0.3) is 0 Å². The second-order valence-corrected chi connectivity index (χ2v) is 5.57. The molecule has 1 unspecified atom stereocenters. The van der Waals surface area contributed by atoms with E-state index in [0.29, 0.717) is 18.3 Å². The Morgan fingerprint density at radius 3 is 2.77 bits per heavy atom. The standard InChI is InChI=1S/C17H28N2O3/c1-3-22-16-9-8-14(12-15(16)18)11-13(2)19-10-6-4-5-7-17(20)21/h8-9,12-13,19H,3-7,10-11,18H2,1-2H3,(H,20,21). The molecule has 0 aliphatic carbocycles. The highest BCUT2D eigenvalue weighted by atomic mass is 16.5. The average molecular weight is 308 g/mol. The van der Waals surface area contributed by atoms with E-state index in [9.17, 15) is 4.79 Å². The van der Waals surface area contributed by atoms with Crippen molar-refractivity contribution in [1.82, 2.24) is 5.32 Å². The van der Waals surface area contributed by atoms with Crippen LogP contribution in [0.3, 0.4) is 0 Å². The molecule has 5 heteroatoms. The first-order chi connectivity index (χ1) is 10.5. The summed E-state index contributed by atoms with van der Waals surface area (Å²) in [5.41, 5.74) is 7.84. The smallest absolute Gasteiger partial charge is 0.303 e. The minimum absolute atomic E-state index is 0.265. The minimum Gasteiger partial charge on any atom is -0.492 e. The Morgan fingerprint density at radius 1 is 1.36 bits per heavy atom. The zero-order valence-corrected chi connectivity index (χ0v) is 13.6. The highest BCUT2D eigenvalue weighted by Gasteiger charge is 2.06. The van der Waals surface area contributed by atoms with Crippen LogP contribution in [-0.2, 0) is 11.2 Å². The van der Waals surface area contributed by atoms with Gasteiger partial charge in [-0.05, 0) is 57.4 Å². The van der Waals surface area contributed by atoms with Gasteiger partial charge in [-0.2, -0.15) is 0 Å². The van der Waals surface area contributed by atoms with Crippen LogP contribution in [0.1, 0.15) is 45.1 Å². The van der Waals surface area contributed by atoms with E-state index in [0.717, 1.165) is 38.0 Å². The molecule has 124 valence electrons. The quantitative estimate of drug-likeness (QED) is 0.432. The van der Waals surface area contributed by atoms with Crippen LogP contribution in [0.4, 0.5) is 5.69 Å². The number of nitrogen functional groups attached to an aromatic ring is 1. The lowest BCUT2D eigenvalue weighted by Crippen LogP contribution is -2.29. The van der Waals surface area contributed by atoms with Crippen LogP contribution in [0.25, 0.3) is 0 Å². The molecule has 1 rings (SSSR count). The van der Waals surface area contributed by atoms with Gasteiger partial charge in [0.05, 0.1) is 12.3 Å². The van der Waals surface area contributed by atoms with Crippen molar-refractivity contribution < 1.29 is 14.6 Å². The van der Waals surface area contributed by atoms with Crippen molar-refractivity contribution in [3.8, 4) is 5.75 Å². The largest absolute Gasteiger partial charge is 0.492 e. The Bertz CT molecular complexity index is 463. The molecule has 0 saturated heterocycles. The number of anilines is 1. The Kier molecular flexibility index (Phi) is 8.36. The fourth-order valence-electron chi connectivity index (χ4n) is 2.36. The molecule has 1 aromatic carbocycles. The summed E-state index contributed by atoms with van der Waals surface area (Å²) in [6.07, 6.45) is 3.87. The number of carboxylic acids is 1. The van der Waals surface area contributed by atoms with Crippen LogP contribution in [0, 0.1) is 0 Å². The second-order valence-electron chi connectivity index (χ2n) is 5.57. The molecule has 0 amide bonds.